The molecule has 0 aliphatic carbocycles. The SMILES string of the molecule is N=C(c1ccccc1)N1CCC(CO)CC1. The van der Waals surface area contributed by atoms with Crippen molar-refractivity contribution >= 4 is 5.84 Å². The maximum atomic E-state index is 9.06. The fourth-order valence-corrected chi connectivity index (χ4v) is 2.12. The van der Waals surface area contributed by atoms with Gasteiger partial charge in [-0.2, -0.15) is 0 Å². The molecule has 0 unspecified atom stereocenters. The summed E-state index contributed by atoms with van der Waals surface area (Å²) in [5.74, 6) is 1.04. The van der Waals surface area contributed by atoms with Gasteiger partial charge in [0.2, 0.25) is 0 Å². The standard InChI is InChI=1S/C13H18N2O/c14-13(12-4-2-1-3-5-12)15-8-6-11(10-16)7-9-15/h1-5,11,14,16H,6-10H2. The number of likely N-dealkylation sites (tertiary alicyclic amines) is 1. The number of nitrogens with zero attached hydrogens (tertiary/aromatic N) is 1. The van der Waals surface area contributed by atoms with Crippen LogP contribution in [0.5, 0.6) is 0 Å². The van der Waals surface area contributed by atoms with Crippen molar-refractivity contribution in [1.29, 1.82) is 5.41 Å². The van der Waals surface area contributed by atoms with Gasteiger partial charge in [0.15, 0.2) is 0 Å². The van der Waals surface area contributed by atoms with E-state index >= 15 is 0 Å². The molecule has 1 aromatic rings. The number of aliphatic hydroxyl groups excluding tert-OH is 1. The molecule has 0 radical (unpaired) electrons. The summed E-state index contributed by atoms with van der Waals surface area (Å²) in [6.45, 7) is 2.06. The molecule has 16 heavy (non-hydrogen) atoms. The second-order valence-corrected chi connectivity index (χ2v) is 4.33. The lowest BCUT2D eigenvalue weighted by Crippen LogP contribution is -2.39. The summed E-state index contributed by atoms with van der Waals surface area (Å²) >= 11 is 0. The fourth-order valence-electron chi connectivity index (χ4n) is 2.12. The first-order valence-corrected chi connectivity index (χ1v) is 5.81. The minimum Gasteiger partial charge on any atom is -0.396 e. The van der Waals surface area contributed by atoms with E-state index in [0.717, 1.165) is 31.5 Å². The molecule has 1 fully saturated rings. The van der Waals surface area contributed by atoms with Crippen LogP contribution in [-0.4, -0.2) is 35.5 Å². The predicted octanol–water partition coefficient (Wildman–Crippen LogP) is 1.72. The van der Waals surface area contributed by atoms with E-state index in [1.807, 2.05) is 30.3 Å². The van der Waals surface area contributed by atoms with Crippen LogP contribution in [0.25, 0.3) is 0 Å². The van der Waals surface area contributed by atoms with Gasteiger partial charge in [-0.15, -0.1) is 0 Å². The Kier molecular flexibility index (Phi) is 3.57. The number of rotatable bonds is 2. The topological polar surface area (TPSA) is 47.3 Å². The van der Waals surface area contributed by atoms with Crippen LogP contribution in [0.3, 0.4) is 0 Å². The molecule has 3 nitrogen and oxygen atoms in total. The Bertz CT molecular complexity index is 342. The van der Waals surface area contributed by atoms with E-state index in [9.17, 15) is 0 Å². The van der Waals surface area contributed by atoms with Crippen molar-refractivity contribution in [2.24, 2.45) is 5.92 Å². The summed E-state index contributed by atoms with van der Waals surface area (Å²) in [5, 5.41) is 17.2. The van der Waals surface area contributed by atoms with E-state index in [1.54, 1.807) is 0 Å². The number of nitrogens with one attached hydrogen (secondary N) is 1. The first kappa shape index (κ1) is 11.1. The third-order valence-electron chi connectivity index (χ3n) is 3.24. The van der Waals surface area contributed by atoms with Gasteiger partial charge in [0, 0.05) is 25.3 Å². The van der Waals surface area contributed by atoms with Crippen molar-refractivity contribution in [1.82, 2.24) is 4.90 Å². The van der Waals surface area contributed by atoms with Crippen LogP contribution >= 0.6 is 0 Å². The van der Waals surface area contributed by atoms with E-state index < -0.39 is 0 Å². The highest BCUT2D eigenvalue weighted by atomic mass is 16.3. The third-order valence-corrected chi connectivity index (χ3v) is 3.24. The van der Waals surface area contributed by atoms with E-state index in [1.165, 1.54) is 0 Å². The first-order chi connectivity index (χ1) is 7.81. The van der Waals surface area contributed by atoms with Gasteiger partial charge in [-0.3, -0.25) is 5.41 Å². The van der Waals surface area contributed by atoms with Gasteiger partial charge in [-0.05, 0) is 18.8 Å². The lowest BCUT2D eigenvalue weighted by atomic mass is 9.97. The summed E-state index contributed by atoms with van der Waals surface area (Å²) in [5.41, 5.74) is 0.977. The van der Waals surface area contributed by atoms with Crippen LogP contribution in [0.1, 0.15) is 18.4 Å². The Morgan fingerprint density at radius 3 is 2.44 bits per heavy atom. The van der Waals surface area contributed by atoms with Gasteiger partial charge in [0.05, 0.1) is 0 Å². The monoisotopic (exact) mass is 218 g/mol. The first-order valence-electron chi connectivity index (χ1n) is 5.81. The average molecular weight is 218 g/mol. The quantitative estimate of drug-likeness (QED) is 0.586. The zero-order valence-electron chi connectivity index (χ0n) is 9.39. The molecule has 0 atom stereocenters. The Morgan fingerprint density at radius 1 is 1.25 bits per heavy atom. The molecule has 1 aromatic carbocycles. The average Bonchev–Trinajstić information content (AvgIpc) is 2.39. The number of hydrogen-bond acceptors (Lipinski definition) is 2. The molecular weight excluding hydrogens is 200 g/mol. The molecule has 2 N–H and O–H groups in total. The van der Waals surface area contributed by atoms with Crippen molar-refractivity contribution < 1.29 is 5.11 Å². The number of piperidine rings is 1. The minimum absolute atomic E-state index is 0.284. The molecule has 86 valence electrons. The van der Waals surface area contributed by atoms with Gasteiger partial charge in [-0.25, -0.2) is 0 Å². The summed E-state index contributed by atoms with van der Waals surface area (Å²) < 4.78 is 0. The van der Waals surface area contributed by atoms with Crippen LogP contribution < -0.4 is 0 Å². The molecule has 1 aliphatic rings. The van der Waals surface area contributed by atoms with Crippen LogP contribution in [0, 0.1) is 11.3 Å². The Hall–Kier alpha value is -1.35. The summed E-state index contributed by atoms with van der Waals surface area (Å²) in [6.07, 6.45) is 1.98. The summed E-state index contributed by atoms with van der Waals surface area (Å²) in [7, 11) is 0. The lowest BCUT2D eigenvalue weighted by molar-refractivity contribution is 0.166. The van der Waals surface area contributed by atoms with E-state index in [4.69, 9.17) is 10.5 Å². The maximum Gasteiger partial charge on any atom is 0.128 e. The van der Waals surface area contributed by atoms with Gasteiger partial charge >= 0.3 is 0 Å². The molecule has 0 aromatic heterocycles. The van der Waals surface area contributed by atoms with Crippen LogP contribution in [-0.2, 0) is 0 Å². The molecule has 2 rings (SSSR count). The van der Waals surface area contributed by atoms with Crippen molar-refractivity contribution in [3.05, 3.63) is 35.9 Å². The molecule has 0 bridgehead atoms. The van der Waals surface area contributed by atoms with E-state index in [-0.39, 0.29) is 6.61 Å². The van der Waals surface area contributed by atoms with E-state index in [0.29, 0.717) is 11.8 Å². The highest BCUT2D eigenvalue weighted by Gasteiger charge is 2.20. The van der Waals surface area contributed by atoms with Crippen molar-refractivity contribution in [2.45, 2.75) is 12.8 Å². The third kappa shape index (κ3) is 2.42. The van der Waals surface area contributed by atoms with Gasteiger partial charge < -0.3 is 10.0 Å². The van der Waals surface area contributed by atoms with Gasteiger partial charge in [-0.1, -0.05) is 30.3 Å². The second-order valence-electron chi connectivity index (χ2n) is 4.33. The molecule has 0 saturated carbocycles. The zero-order valence-corrected chi connectivity index (χ0v) is 9.39. The summed E-state index contributed by atoms with van der Waals surface area (Å²) in [4.78, 5) is 2.10. The van der Waals surface area contributed by atoms with Crippen molar-refractivity contribution in [3.63, 3.8) is 0 Å². The molecular formula is C13H18N2O. The highest BCUT2D eigenvalue weighted by Crippen LogP contribution is 2.18. The molecule has 1 heterocycles. The number of benzene rings is 1. The molecule has 3 heteroatoms. The number of hydrogen-bond donors (Lipinski definition) is 2. The molecule has 0 spiro atoms. The van der Waals surface area contributed by atoms with Crippen molar-refractivity contribution in [3.8, 4) is 0 Å². The number of aliphatic hydroxyl groups is 1. The largest absolute Gasteiger partial charge is 0.396 e. The van der Waals surface area contributed by atoms with Crippen LogP contribution in [0.4, 0.5) is 0 Å². The summed E-state index contributed by atoms with van der Waals surface area (Å²) in [6, 6.07) is 9.84. The number of amidine groups is 1. The van der Waals surface area contributed by atoms with E-state index in [2.05, 4.69) is 4.90 Å². The Labute approximate surface area is 96.2 Å². The van der Waals surface area contributed by atoms with Gasteiger partial charge in [0.25, 0.3) is 0 Å². The van der Waals surface area contributed by atoms with Crippen LogP contribution in [0.2, 0.25) is 0 Å². The normalized spacial score (nSPS) is 17.4. The van der Waals surface area contributed by atoms with Crippen LogP contribution in [0.15, 0.2) is 30.3 Å². The fraction of sp³-hybridized carbons (Fsp3) is 0.462. The highest BCUT2D eigenvalue weighted by molar-refractivity contribution is 5.96. The molecule has 1 aliphatic heterocycles. The lowest BCUT2D eigenvalue weighted by Gasteiger charge is -2.32. The minimum atomic E-state index is 0.284. The molecule has 0 amide bonds. The zero-order chi connectivity index (χ0) is 11.4. The predicted molar refractivity (Wildman–Crippen MR) is 64.7 cm³/mol. The smallest absolute Gasteiger partial charge is 0.128 e. The Balaban J connectivity index is 1.97. The van der Waals surface area contributed by atoms with Crippen molar-refractivity contribution in [2.75, 3.05) is 19.7 Å². The van der Waals surface area contributed by atoms with Gasteiger partial charge in [0.1, 0.15) is 5.84 Å². The Morgan fingerprint density at radius 2 is 1.88 bits per heavy atom. The maximum absolute atomic E-state index is 9.06. The molecule has 1 saturated heterocycles. The second kappa shape index (κ2) is 5.12.